The van der Waals surface area contributed by atoms with Crippen LogP contribution in [0.3, 0.4) is 0 Å². The van der Waals surface area contributed by atoms with E-state index in [-0.39, 0.29) is 59.2 Å². The average molecular weight is 853 g/mol. The van der Waals surface area contributed by atoms with Crippen molar-refractivity contribution in [2.24, 2.45) is 23.7 Å². The number of piperidine rings is 2. The molecule has 14 nitrogen and oxygen atoms in total. The Morgan fingerprint density at radius 3 is 1.73 bits per heavy atom. The molecule has 6 N–H and O–H groups in total. The number of likely N-dealkylation sites (tertiary alicyclic amines) is 2. The van der Waals surface area contributed by atoms with E-state index in [2.05, 4.69) is 0 Å². The van der Waals surface area contributed by atoms with E-state index < -0.39 is 29.3 Å². The van der Waals surface area contributed by atoms with Gasteiger partial charge in [0.15, 0.2) is 34.6 Å². The number of methoxy groups -OCH3 is 3. The minimum atomic E-state index is -2.44. The van der Waals surface area contributed by atoms with E-state index in [9.17, 15) is 40.2 Å². The predicted molar refractivity (Wildman–Crippen MR) is 225 cm³/mol. The first-order valence-corrected chi connectivity index (χ1v) is 21.3. The highest BCUT2D eigenvalue weighted by Gasteiger charge is 2.52. The summed E-state index contributed by atoms with van der Waals surface area (Å²) in [5, 5.41) is 67.2. The van der Waals surface area contributed by atoms with Gasteiger partial charge in [-0.25, -0.2) is 9.80 Å². The van der Waals surface area contributed by atoms with E-state index in [0.29, 0.717) is 92.0 Å². The number of carbonyl (C=O) groups excluding carboxylic acids is 2. The molecule has 0 radical (unpaired) electrons. The molecule has 4 aromatic rings. The second-order valence-electron chi connectivity index (χ2n) is 17.3. The van der Waals surface area contributed by atoms with Gasteiger partial charge in [-0.2, -0.15) is 0 Å². The minimum absolute atomic E-state index is 0.0400. The molecule has 4 aromatic carbocycles. The summed E-state index contributed by atoms with van der Waals surface area (Å²) in [5.41, 5.74) is 3.19. The van der Waals surface area contributed by atoms with Crippen LogP contribution in [0.5, 0.6) is 23.0 Å². The van der Waals surface area contributed by atoms with Crippen molar-refractivity contribution in [3.05, 3.63) is 118 Å². The molecule has 2 heterocycles. The fourth-order valence-corrected chi connectivity index (χ4v) is 9.97. The summed E-state index contributed by atoms with van der Waals surface area (Å²) in [5.74, 6) is -6.55. The van der Waals surface area contributed by atoms with E-state index in [1.807, 2.05) is 6.07 Å². The zero-order valence-electron chi connectivity index (χ0n) is 35.3. The molecular weight excluding hydrogens is 797 g/mol. The highest BCUT2D eigenvalue weighted by atomic mass is 16.5. The van der Waals surface area contributed by atoms with Crippen LogP contribution in [-0.2, 0) is 30.6 Å². The SMILES string of the molecule is COc1cc2c(cc1OC)C(=O)C(CC1CCN(C(O)(O)c3ccc(COc4cc5c(cc4OC)C(O)(O)C(CC4CCN(C(O)(O)c6ccccc6)CC4)C5=O)cc3)CC1)C2. The molecule has 62 heavy (non-hydrogen) atoms. The van der Waals surface area contributed by atoms with Crippen molar-refractivity contribution in [2.45, 2.75) is 69.2 Å². The lowest BCUT2D eigenvalue weighted by atomic mass is 9.83. The van der Waals surface area contributed by atoms with E-state index in [4.69, 9.17) is 18.9 Å². The fourth-order valence-electron chi connectivity index (χ4n) is 9.97. The third kappa shape index (κ3) is 8.22. The van der Waals surface area contributed by atoms with Gasteiger partial charge in [-0.3, -0.25) is 9.59 Å². The standard InChI is InChI=1S/C48H56N2O12/c1-59-40-24-32-23-33(44(51)36(32)25-41(40)60-2)21-29-13-17-50(18-14-29)48(57,58)35-11-9-31(10-12-35)28-62-43-26-37-38(27-42(43)61-3)46(53,54)39(45(37)52)22-30-15-19-49(20-16-30)47(55,56)34-7-5-4-6-8-34/h4-12,24-27,29-30,33,39,53-58H,13-23,28H2,1-3H3. The number of benzene rings is 4. The molecule has 8 rings (SSSR count). The van der Waals surface area contributed by atoms with Crippen LogP contribution in [0.4, 0.5) is 0 Å². The number of rotatable bonds is 14. The first-order chi connectivity index (χ1) is 29.6. The second-order valence-corrected chi connectivity index (χ2v) is 17.3. The molecule has 0 saturated carbocycles. The molecule has 4 aliphatic rings. The summed E-state index contributed by atoms with van der Waals surface area (Å²) >= 11 is 0. The number of Topliss-reactive ketones (excluding diaryl/α,β-unsaturated/α-hetero) is 2. The lowest BCUT2D eigenvalue weighted by Crippen LogP contribution is -2.50. The monoisotopic (exact) mass is 852 g/mol. The number of aliphatic hydroxyl groups is 6. The average Bonchev–Trinajstić information content (AvgIpc) is 3.68. The summed E-state index contributed by atoms with van der Waals surface area (Å²) in [6.07, 6.45) is 4.06. The summed E-state index contributed by atoms with van der Waals surface area (Å²) in [4.78, 5) is 30.3. The molecule has 0 aromatic heterocycles. The van der Waals surface area contributed by atoms with Gasteiger partial charge >= 0.3 is 0 Å². The van der Waals surface area contributed by atoms with Crippen molar-refractivity contribution in [3.63, 3.8) is 0 Å². The molecular formula is C48H56N2O12. The number of ether oxygens (including phenoxy) is 4. The zero-order chi connectivity index (χ0) is 44.0. The Hall–Kier alpha value is -4.90. The Balaban J connectivity index is 0.850. The van der Waals surface area contributed by atoms with Crippen molar-refractivity contribution >= 4 is 11.6 Å². The van der Waals surface area contributed by atoms with Crippen LogP contribution in [-0.4, -0.2) is 99.5 Å². The van der Waals surface area contributed by atoms with Gasteiger partial charge in [0.25, 0.3) is 11.8 Å². The number of hydrogen-bond acceptors (Lipinski definition) is 14. The van der Waals surface area contributed by atoms with E-state index in [1.54, 1.807) is 84.7 Å². The molecule has 0 amide bonds. The largest absolute Gasteiger partial charge is 0.493 e. The van der Waals surface area contributed by atoms with Gasteiger partial charge in [0.05, 0.1) is 27.2 Å². The van der Waals surface area contributed by atoms with Gasteiger partial charge in [0.2, 0.25) is 5.79 Å². The lowest BCUT2D eigenvalue weighted by molar-refractivity contribution is -0.281. The van der Waals surface area contributed by atoms with Gasteiger partial charge in [-0.1, -0.05) is 54.6 Å². The molecule has 14 heteroatoms. The van der Waals surface area contributed by atoms with Gasteiger partial charge < -0.3 is 49.6 Å². The van der Waals surface area contributed by atoms with Crippen molar-refractivity contribution in [1.29, 1.82) is 0 Å². The van der Waals surface area contributed by atoms with E-state index >= 15 is 0 Å². The number of hydrogen-bond donors (Lipinski definition) is 6. The summed E-state index contributed by atoms with van der Waals surface area (Å²) in [6, 6.07) is 21.9. The maximum atomic E-state index is 13.8. The number of fused-ring (bicyclic) bond motifs is 2. The van der Waals surface area contributed by atoms with Crippen LogP contribution < -0.4 is 18.9 Å². The van der Waals surface area contributed by atoms with Gasteiger partial charge in [0.1, 0.15) is 6.61 Å². The number of ketones is 2. The van der Waals surface area contributed by atoms with Crippen LogP contribution in [0, 0.1) is 23.7 Å². The van der Waals surface area contributed by atoms with Crippen LogP contribution in [0.25, 0.3) is 0 Å². The molecule has 2 saturated heterocycles. The van der Waals surface area contributed by atoms with Crippen LogP contribution >= 0.6 is 0 Å². The van der Waals surface area contributed by atoms with Gasteiger partial charge in [-0.05, 0) is 92.2 Å². The highest BCUT2D eigenvalue weighted by Crippen LogP contribution is 2.48. The molecule has 0 bridgehead atoms. The smallest absolute Gasteiger partial charge is 0.253 e. The third-order valence-corrected chi connectivity index (χ3v) is 13.7. The Kier molecular flexibility index (Phi) is 12.2. The maximum Gasteiger partial charge on any atom is 0.253 e. The van der Waals surface area contributed by atoms with Crippen molar-refractivity contribution in [3.8, 4) is 23.0 Å². The van der Waals surface area contributed by atoms with Crippen molar-refractivity contribution < 1.29 is 59.2 Å². The summed E-state index contributed by atoms with van der Waals surface area (Å²) in [6.45, 7) is 1.64. The Morgan fingerprint density at radius 2 is 1.15 bits per heavy atom. The molecule has 2 fully saturated rings. The normalized spacial score (nSPS) is 21.2. The quantitative estimate of drug-likeness (QED) is 0.0977. The third-order valence-electron chi connectivity index (χ3n) is 13.7. The summed E-state index contributed by atoms with van der Waals surface area (Å²) in [7, 11) is 4.56. The van der Waals surface area contributed by atoms with Crippen LogP contribution in [0.1, 0.15) is 87.1 Å². The van der Waals surface area contributed by atoms with Gasteiger partial charge in [0, 0.05) is 59.9 Å². The maximum absolute atomic E-state index is 13.8. The molecule has 2 aliphatic heterocycles. The Morgan fingerprint density at radius 1 is 0.629 bits per heavy atom. The highest BCUT2D eigenvalue weighted by molar-refractivity contribution is 6.04. The minimum Gasteiger partial charge on any atom is -0.493 e. The van der Waals surface area contributed by atoms with Gasteiger partial charge in [-0.15, -0.1) is 0 Å². The summed E-state index contributed by atoms with van der Waals surface area (Å²) < 4.78 is 22.5. The van der Waals surface area contributed by atoms with E-state index in [0.717, 1.165) is 12.0 Å². The predicted octanol–water partition coefficient (Wildman–Crippen LogP) is 4.39. The number of nitrogens with zero attached hydrogens (tertiary/aromatic N) is 2. The van der Waals surface area contributed by atoms with Crippen LogP contribution in [0.15, 0.2) is 78.9 Å². The van der Waals surface area contributed by atoms with Crippen LogP contribution in [0.2, 0.25) is 0 Å². The molecule has 2 aliphatic carbocycles. The Labute approximate surface area is 360 Å². The van der Waals surface area contributed by atoms with Crippen molar-refractivity contribution in [2.75, 3.05) is 47.5 Å². The molecule has 2 atom stereocenters. The zero-order valence-corrected chi connectivity index (χ0v) is 35.3. The van der Waals surface area contributed by atoms with Crippen molar-refractivity contribution in [1.82, 2.24) is 9.80 Å². The number of carbonyl (C=O) groups is 2. The first kappa shape index (κ1) is 43.7. The molecule has 2 unspecified atom stereocenters. The fraction of sp³-hybridized carbons (Fsp3) is 0.458. The topological polar surface area (TPSA) is 199 Å². The molecule has 330 valence electrons. The molecule has 0 spiro atoms. The lowest BCUT2D eigenvalue weighted by Gasteiger charge is -2.41. The van der Waals surface area contributed by atoms with E-state index in [1.165, 1.54) is 19.2 Å². The second kappa shape index (κ2) is 17.3. The first-order valence-electron chi connectivity index (χ1n) is 21.3. The Bertz CT molecular complexity index is 2260.